The summed E-state index contributed by atoms with van der Waals surface area (Å²) in [5.74, 6) is 3.08. The lowest BCUT2D eigenvalue weighted by Gasteiger charge is -2.54. The lowest BCUT2D eigenvalue weighted by atomic mass is 9.53. The van der Waals surface area contributed by atoms with E-state index < -0.39 is 0 Å². The molecule has 0 unspecified atom stereocenters. The molecule has 4 aliphatic rings. The van der Waals surface area contributed by atoms with Gasteiger partial charge in [-0.15, -0.1) is 0 Å². The molecule has 0 spiro atoms. The van der Waals surface area contributed by atoms with Crippen LogP contribution >= 0.6 is 0 Å². The number of pyridine rings is 1. The highest BCUT2D eigenvalue weighted by molar-refractivity contribution is 5.95. The van der Waals surface area contributed by atoms with Gasteiger partial charge in [0.25, 0.3) is 5.56 Å². The molecule has 5 heteroatoms. The van der Waals surface area contributed by atoms with Crippen LogP contribution in [0, 0.1) is 17.8 Å². The molecule has 0 saturated heterocycles. The van der Waals surface area contributed by atoms with Crippen LogP contribution in [0.3, 0.4) is 0 Å². The average Bonchev–Trinajstić information content (AvgIpc) is 2.74. The first-order valence-corrected chi connectivity index (χ1v) is 12.0. The van der Waals surface area contributed by atoms with Gasteiger partial charge in [0.2, 0.25) is 0 Å². The van der Waals surface area contributed by atoms with Crippen LogP contribution in [0.25, 0.3) is 10.9 Å². The van der Waals surface area contributed by atoms with E-state index in [2.05, 4.69) is 6.92 Å². The molecule has 1 heterocycles. The number of unbranched alkanes of at least 4 members (excludes halogenated alkanes) is 2. The Balaban J connectivity index is 1.57. The molecule has 1 aromatic heterocycles. The number of methoxy groups -OCH3 is 1. The fourth-order valence-corrected chi connectivity index (χ4v) is 6.85. The van der Waals surface area contributed by atoms with Crippen molar-refractivity contribution in [2.75, 3.05) is 7.11 Å². The van der Waals surface area contributed by atoms with Gasteiger partial charge in [-0.2, -0.15) is 0 Å². The van der Waals surface area contributed by atoms with Gasteiger partial charge < -0.3 is 14.4 Å². The summed E-state index contributed by atoms with van der Waals surface area (Å²) in [4.78, 5) is 18.5. The SMILES string of the molecule is CCCCCn1c(=O)c(C=NC23CC4CC(CC(C4)C2)C3)c(O)c2cc(OC)ccc21. The minimum absolute atomic E-state index is 0.0238. The predicted molar refractivity (Wildman–Crippen MR) is 124 cm³/mol. The zero-order valence-corrected chi connectivity index (χ0v) is 18.8. The molecule has 0 amide bonds. The summed E-state index contributed by atoms with van der Waals surface area (Å²) in [6.45, 7) is 2.81. The van der Waals surface area contributed by atoms with Gasteiger partial charge in [0.15, 0.2) is 0 Å². The molecule has 4 saturated carbocycles. The molecular formula is C26H34N2O3. The molecule has 4 fully saturated rings. The summed E-state index contributed by atoms with van der Waals surface area (Å²) < 4.78 is 7.19. The topological polar surface area (TPSA) is 63.8 Å². The molecule has 0 radical (unpaired) electrons. The summed E-state index contributed by atoms with van der Waals surface area (Å²) in [6, 6.07) is 5.55. The third-order valence-corrected chi connectivity index (χ3v) is 7.94. The summed E-state index contributed by atoms with van der Waals surface area (Å²) in [5, 5.41) is 11.8. The summed E-state index contributed by atoms with van der Waals surface area (Å²) in [7, 11) is 1.62. The molecule has 31 heavy (non-hydrogen) atoms. The van der Waals surface area contributed by atoms with E-state index >= 15 is 0 Å². The van der Waals surface area contributed by atoms with Crippen LogP contribution in [-0.2, 0) is 6.54 Å². The summed E-state index contributed by atoms with van der Waals surface area (Å²) in [6.07, 6.45) is 12.3. The lowest BCUT2D eigenvalue weighted by Crippen LogP contribution is -2.49. The number of fused-ring (bicyclic) bond motifs is 1. The van der Waals surface area contributed by atoms with Gasteiger partial charge in [0.05, 0.1) is 18.2 Å². The molecule has 2 aromatic rings. The average molecular weight is 423 g/mol. The number of aryl methyl sites for hydroxylation is 1. The minimum Gasteiger partial charge on any atom is -0.506 e. The third-order valence-electron chi connectivity index (χ3n) is 7.94. The van der Waals surface area contributed by atoms with E-state index in [-0.39, 0.29) is 16.8 Å². The van der Waals surface area contributed by atoms with Crippen molar-refractivity contribution in [2.24, 2.45) is 22.7 Å². The first-order valence-electron chi connectivity index (χ1n) is 12.0. The predicted octanol–water partition coefficient (Wildman–Crippen LogP) is 5.29. The lowest BCUT2D eigenvalue weighted by molar-refractivity contribution is 0.00194. The Morgan fingerprint density at radius 3 is 2.45 bits per heavy atom. The smallest absolute Gasteiger partial charge is 0.263 e. The molecule has 6 rings (SSSR count). The molecule has 1 aromatic carbocycles. The second-order valence-corrected chi connectivity index (χ2v) is 10.2. The maximum atomic E-state index is 13.4. The summed E-state index contributed by atoms with van der Waals surface area (Å²) in [5.41, 5.74) is 0.920. The van der Waals surface area contributed by atoms with Gasteiger partial charge in [-0.1, -0.05) is 19.8 Å². The van der Waals surface area contributed by atoms with E-state index in [4.69, 9.17) is 9.73 Å². The molecule has 166 valence electrons. The zero-order valence-electron chi connectivity index (χ0n) is 18.8. The Morgan fingerprint density at radius 2 is 1.84 bits per heavy atom. The van der Waals surface area contributed by atoms with E-state index in [0.29, 0.717) is 23.2 Å². The van der Waals surface area contributed by atoms with Crippen LogP contribution < -0.4 is 10.3 Å². The normalized spacial score (nSPS) is 29.3. The number of aromatic hydroxyl groups is 1. The van der Waals surface area contributed by atoms with Crippen molar-refractivity contribution >= 4 is 17.1 Å². The number of aromatic nitrogens is 1. The van der Waals surface area contributed by atoms with Crippen LogP contribution in [0.2, 0.25) is 0 Å². The van der Waals surface area contributed by atoms with E-state index in [9.17, 15) is 9.90 Å². The van der Waals surface area contributed by atoms with E-state index in [0.717, 1.165) is 61.8 Å². The number of rotatable bonds is 7. The van der Waals surface area contributed by atoms with Crippen molar-refractivity contribution in [3.05, 3.63) is 34.1 Å². The molecule has 4 bridgehead atoms. The van der Waals surface area contributed by atoms with Crippen LogP contribution in [-0.4, -0.2) is 28.5 Å². The second-order valence-electron chi connectivity index (χ2n) is 10.2. The first kappa shape index (κ1) is 20.6. The number of benzene rings is 1. The zero-order chi connectivity index (χ0) is 21.6. The number of ether oxygens (including phenoxy) is 1. The highest BCUT2D eigenvalue weighted by atomic mass is 16.5. The van der Waals surface area contributed by atoms with Gasteiger partial charge in [-0.05, 0) is 80.9 Å². The summed E-state index contributed by atoms with van der Waals surface area (Å²) >= 11 is 0. The maximum Gasteiger partial charge on any atom is 0.263 e. The fraction of sp³-hybridized carbons (Fsp3) is 0.615. The molecule has 4 aliphatic carbocycles. The Labute approximate surface area is 184 Å². The Bertz CT molecular complexity index is 1030. The van der Waals surface area contributed by atoms with Gasteiger partial charge in [0.1, 0.15) is 17.1 Å². The third kappa shape index (κ3) is 3.66. The van der Waals surface area contributed by atoms with E-state index in [1.807, 2.05) is 22.8 Å². The molecule has 0 aliphatic heterocycles. The number of nitrogens with zero attached hydrogens (tertiary/aromatic N) is 2. The maximum absolute atomic E-state index is 13.4. The molecule has 0 atom stereocenters. The molecule has 5 nitrogen and oxygen atoms in total. The first-order chi connectivity index (χ1) is 15.0. The van der Waals surface area contributed by atoms with Crippen LogP contribution in [0.1, 0.15) is 70.3 Å². The van der Waals surface area contributed by atoms with E-state index in [1.165, 1.54) is 19.3 Å². The molecular weight excluding hydrogens is 388 g/mol. The van der Waals surface area contributed by atoms with Crippen molar-refractivity contribution in [1.29, 1.82) is 0 Å². The van der Waals surface area contributed by atoms with Crippen molar-refractivity contribution < 1.29 is 9.84 Å². The number of hydrogen-bond acceptors (Lipinski definition) is 4. The standard InChI is InChI=1S/C26H34N2O3/c1-3-4-5-8-28-23-7-6-20(31-2)12-21(23)24(29)22(25(28)30)16-27-26-13-17-9-18(14-26)11-19(10-17)15-26/h6-7,12,16-19,29H,3-5,8-11,13-15H2,1-2H3. The van der Waals surface area contributed by atoms with Crippen molar-refractivity contribution in [3.63, 3.8) is 0 Å². The quantitative estimate of drug-likeness (QED) is 0.487. The van der Waals surface area contributed by atoms with Crippen molar-refractivity contribution in [3.8, 4) is 11.5 Å². The van der Waals surface area contributed by atoms with Gasteiger partial charge in [-0.25, -0.2) is 0 Å². The van der Waals surface area contributed by atoms with Crippen LogP contribution in [0.4, 0.5) is 0 Å². The van der Waals surface area contributed by atoms with Gasteiger partial charge >= 0.3 is 0 Å². The monoisotopic (exact) mass is 422 g/mol. The van der Waals surface area contributed by atoms with Crippen molar-refractivity contribution in [1.82, 2.24) is 4.57 Å². The minimum atomic E-state index is -0.139. The van der Waals surface area contributed by atoms with Crippen LogP contribution in [0.15, 0.2) is 28.0 Å². The Hall–Kier alpha value is -2.30. The van der Waals surface area contributed by atoms with Crippen LogP contribution in [0.5, 0.6) is 11.5 Å². The second kappa shape index (κ2) is 7.99. The fourth-order valence-electron chi connectivity index (χ4n) is 6.85. The van der Waals surface area contributed by atoms with Gasteiger partial charge in [0, 0.05) is 18.1 Å². The van der Waals surface area contributed by atoms with Crippen molar-refractivity contribution in [2.45, 2.75) is 76.8 Å². The highest BCUT2D eigenvalue weighted by Gasteiger charge is 2.50. The highest BCUT2D eigenvalue weighted by Crippen LogP contribution is 2.57. The Morgan fingerprint density at radius 1 is 1.16 bits per heavy atom. The van der Waals surface area contributed by atoms with E-state index in [1.54, 1.807) is 13.3 Å². The molecule has 1 N–H and O–H groups in total. The largest absolute Gasteiger partial charge is 0.506 e. The Kier molecular flexibility index (Phi) is 5.31. The number of aliphatic imine (C=N–C) groups is 1. The van der Waals surface area contributed by atoms with Gasteiger partial charge in [-0.3, -0.25) is 9.79 Å². The number of hydrogen-bond donors (Lipinski definition) is 1.